The number of benzene rings is 2. The topological polar surface area (TPSA) is 47.6 Å². The first-order chi connectivity index (χ1) is 12.4. The Morgan fingerprint density at radius 3 is 1.62 bits per heavy atom. The maximum absolute atomic E-state index is 13.3. The molecule has 128 valence electrons. The second kappa shape index (κ2) is 6.71. The van der Waals surface area contributed by atoms with Crippen LogP contribution in [0.3, 0.4) is 0 Å². The molecule has 2 aromatic rings. The molecule has 0 atom stereocenters. The van der Waals surface area contributed by atoms with E-state index in [4.69, 9.17) is 0 Å². The summed E-state index contributed by atoms with van der Waals surface area (Å²) in [5, 5.41) is 20.8. The van der Waals surface area contributed by atoms with Crippen LogP contribution < -0.4 is 10.6 Å². The minimum Gasteiger partial charge on any atom is -0.192 e. The first-order valence-electron chi connectivity index (χ1n) is 7.63. The summed E-state index contributed by atoms with van der Waals surface area (Å²) >= 11 is 0. The van der Waals surface area contributed by atoms with Crippen molar-refractivity contribution in [3.8, 4) is 12.1 Å². The highest BCUT2D eigenvalue weighted by Crippen LogP contribution is 2.57. The van der Waals surface area contributed by atoms with Crippen molar-refractivity contribution in [2.45, 2.75) is 6.18 Å². The van der Waals surface area contributed by atoms with Crippen LogP contribution in [-0.2, 0) is 0 Å². The molecule has 0 amide bonds. The van der Waals surface area contributed by atoms with E-state index in [0.29, 0.717) is 10.6 Å². The summed E-state index contributed by atoms with van der Waals surface area (Å²) in [5.41, 5.74) is -0.979. The van der Waals surface area contributed by atoms with Gasteiger partial charge in [-0.1, -0.05) is 60.7 Å². The molecule has 0 aromatic heterocycles. The van der Waals surface area contributed by atoms with Crippen LogP contribution in [0.2, 0.25) is 0 Å². The van der Waals surface area contributed by atoms with Gasteiger partial charge in [0, 0.05) is 6.89 Å². The van der Waals surface area contributed by atoms with Crippen LogP contribution in [0.4, 0.5) is 13.2 Å². The average molecular weight is 368 g/mol. The Labute approximate surface area is 149 Å². The van der Waals surface area contributed by atoms with Crippen LogP contribution in [0.5, 0.6) is 0 Å². The number of nitriles is 2. The lowest BCUT2D eigenvalue weighted by molar-refractivity contribution is -0.0881. The molecule has 1 aliphatic heterocycles. The van der Waals surface area contributed by atoms with Gasteiger partial charge >= 0.3 is 6.18 Å². The third kappa shape index (κ3) is 2.77. The second-order valence-corrected chi connectivity index (χ2v) is 8.92. The van der Waals surface area contributed by atoms with E-state index in [1.54, 1.807) is 60.7 Å². The number of alkyl halides is 3. The lowest BCUT2D eigenvalue weighted by Gasteiger charge is -2.31. The molecule has 1 aliphatic rings. The molecule has 0 saturated carbocycles. The lowest BCUT2D eigenvalue weighted by Crippen LogP contribution is -2.26. The Morgan fingerprint density at radius 2 is 1.23 bits per heavy atom. The van der Waals surface area contributed by atoms with E-state index in [-0.39, 0.29) is 10.6 Å². The highest BCUT2D eigenvalue weighted by atomic mass is 31.2. The molecule has 1 heterocycles. The molecule has 0 fully saturated rings. The van der Waals surface area contributed by atoms with E-state index in [2.05, 4.69) is 0 Å². The Bertz CT molecular complexity index is 991. The van der Waals surface area contributed by atoms with E-state index >= 15 is 0 Å². The van der Waals surface area contributed by atoms with Gasteiger partial charge in [0.15, 0.2) is 0 Å². The number of rotatable bonds is 2. The molecule has 0 unspecified atom stereocenters. The van der Waals surface area contributed by atoms with Gasteiger partial charge in [0.1, 0.15) is 12.1 Å². The molecule has 2 nitrogen and oxygen atoms in total. The van der Waals surface area contributed by atoms with Crippen LogP contribution in [0.1, 0.15) is 0 Å². The third-order valence-electron chi connectivity index (χ3n) is 4.15. The standard InChI is InChI=1S/C20H12F3N2P/c21-20(22,23)15-11-18(13-24)26(19(12-15)14-25,16-7-3-1-4-8-16)17-9-5-2-6-10-17/h1-12H. The molecule has 6 heteroatoms. The van der Waals surface area contributed by atoms with Crippen molar-refractivity contribution in [3.63, 3.8) is 0 Å². The highest BCUT2D eigenvalue weighted by molar-refractivity contribution is 7.93. The second-order valence-electron chi connectivity index (χ2n) is 5.58. The summed E-state index contributed by atoms with van der Waals surface area (Å²) < 4.78 is 39.9. The van der Waals surface area contributed by atoms with Gasteiger partial charge in [-0.3, -0.25) is 0 Å². The Hall–Kier alpha value is -3.01. The van der Waals surface area contributed by atoms with Crippen LogP contribution in [-0.4, -0.2) is 11.5 Å². The molecule has 26 heavy (non-hydrogen) atoms. The molecule has 0 aliphatic carbocycles. The van der Waals surface area contributed by atoms with Crippen molar-refractivity contribution in [1.82, 2.24) is 0 Å². The van der Waals surface area contributed by atoms with Gasteiger partial charge in [-0.15, -0.1) is 0 Å². The highest BCUT2D eigenvalue weighted by Gasteiger charge is 2.40. The molecule has 0 bridgehead atoms. The van der Waals surface area contributed by atoms with Gasteiger partial charge in [0.25, 0.3) is 0 Å². The molecular weight excluding hydrogens is 356 g/mol. The zero-order valence-corrected chi connectivity index (χ0v) is 14.3. The number of halogens is 3. The maximum Gasteiger partial charge on any atom is 0.416 e. The molecule has 2 aromatic carbocycles. The Balaban J connectivity index is 2.54. The van der Waals surface area contributed by atoms with Crippen molar-refractivity contribution in [2.24, 2.45) is 0 Å². The zero-order chi connectivity index (χ0) is 18.8. The van der Waals surface area contributed by atoms with Gasteiger partial charge in [0.05, 0.1) is 16.2 Å². The van der Waals surface area contributed by atoms with Gasteiger partial charge < -0.3 is 0 Å². The van der Waals surface area contributed by atoms with Gasteiger partial charge in [-0.05, 0) is 22.8 Å². The average Bonchev–Trinajstić information content (AvgIpc) is 2.67. The third-order valence-corrected chi connectivity index (χ3v) is 8.20. The van der Waals surface area contributed by atoms with E-state index in [9.17, 15) is 23.7 Å². The summed E-state index contributed by atoms with van der Waals surface area (Å²) in [6, 6.07) is 21.5. The normalized spacial score (nSPS) is 16.1. The maximum atomic E-state index is 13.3. The molecule has 0 spiro atoms. The van der Waals surface area contributed by atoms with E-state index in [1.165, 1.54) is 0 Å². The van der Waals surface area contributed by atoms with Crippen molar-refractivity contribution in [2.75, 3.05) is 0 Å². The van der Waals surface area contributed by atoms with Crippen LogP contribution >= 0.6 is 6.89 Å². The molecule has 0 radical (unpaired) electrons. The van der Waals surface area contributed by atoms with Gasteiger partial charge in [0.2, 0.25) is 0 Å². The minimum atomic E-state index is -4.63. The number of hydrogen-bond acceptors (Lipinski definition) is 2. The smallest absolute Gasteiger partial charge is 0.192 e. The summed E-state index contributed by atoms with van der Waals surface area (Å²) in [5.74, 6) is 0. The zero-order valence-electron chi connectivity index (χ0n) is 13.4. The Kier molecular flexibility index (Phi) is 4.60. The van der Waals surface area contributed by atoms with Gasteiger partial charge in [-0.25, -0.2) is 0 Å². The van der Waals surface area contributed by atoms with Crippen molar-refractivity contribution < 1.29 is 13.2 Å². The summed E-state index contributed by atoms with van der Waals surface area (Å²) in [4.78, 5) is 0. The summed E-state index contributed by atoms with van der Waals surface area (Å²) in [6.45, 7) is -2.94. The van der Waals surface area contributed by atoms with E-state index < -0.39 is 18.6 Å². The molecule has 0 saturated heterocycles. The Morgan fingerprint density at radius 1 is 0.731 bits per heavy atom. The number of allylic oxidation sites excluding steroid dienone is 4. The molecule has 3 rings (SSSR count). The molecule has 0 N–H and O–H groups in total. The minimum absolute atomic E-state index is 0.0266. The van der Waals surface area contributed by atoms with E-state index in [1.807, 2.05) is 12.1 Å². The van der Waals surface area contributed by atoms with Gasteiger partial charge in [-0.2, -0.15) is 23.7 Å². The predicted octanol–water partition coefficient (Wildman–Crippen LogP) is 4.26. The fourth-order valence-corrected chi connectivity index (χ4v) is 6.92. The van der Waals surface area contributed by atoms with Crippen LogP contribution in [0.15, 0.2) is 83.7 Å². The first kappa shape index (κ1) is 17.8. The van der Waals surface area contributed by atoms with Crippen molar-refractivity contribution in [3.05, 3.63) is 83.7 Å². The van der Waals surface area contributed by atoms with E-state index in [0.717, 1.165) is 12.2 Å². The number of hydrogen-bond donors (Lipinski definition) is 0. The van der Waals surface area contributed by atoms with Crippen LogP contribution in [0.25, 0.3) is 0 Å². The predicted molar refractivity (Wildman–Crippen MR) is 97.5 cm³/mol. The lowest BCUT2D eigenvalue weighted by atomic mass is 10.2. The van der Waals surface area contributed by atoms with Crippen molar-refractivity contribution in [1.29, 1.82) is 10.5 Å². The SMILES string of the molecule is N#CC1=CC(C(F)(F)F)=CC(C#N)=P1(c1ccccc1)c1ccccc1. The first-order valence-corrected chi connectivity index (χ1v) is 9.42. The summed E-state index contributed by atoms with van der Waals surface area (Å²) in [7, 11) is 0. The summed E-state index contributed by atoms with van der Waals surface area (Å²) in [6.07, 6.45) is -2.86. The monoisotopic (exact) mass is 368 g/mol. The fourth-order valence-electron chi connectivity index (χ4n) is 3.05. The largest absolute Gasteiger partial charge is 0.416 e. The van der Waals surface area contributed by atoms with Crippen molar-refractivity contribution >= 4 is 22.8 Å². The number of nitrogens with zero attached hydrogens (tertiary/aromatic N) is 2. The van der Waals surface area contributed by atoms with Crippen LogP contribution in [0, 0.1) is 22.7 Å². The fraction of sp³-hybridized carbons (Fsp3) is 0.0500. The molecular formula is C20H12F3N2P. The quantitative estimate of drug-likeness (QED) is 0.744.